The molecule has 0 atom stereocenters. The number of fused-ring (bicyclic) bond motifs is 1. The van der Waals surface area contributed by atoms with E-state index in [-0.39, 0.29) is 5.91 Å². The number of imidazole rings is 1. The summed E-state index contributed by atoms with van der Waals surface area (Å²) in [5.74, 6) is 0.420. The van der Waals surface area contributed by atoms with E-state index < -0.39 is 0 Å². The molecule has 3 aromatic rings. The maximum absolute atomic E-state index is 12.6. The standard InChI is InChI=1S/C16H16N4O2/c1-3-12-14(16(21)18-11-6-4-8-17-10-11)20-9-5-7-13(22-2)15(20)19-12/h4-10H,3H2,1-2H3,(H,18,21). The Kier molecular flexibility index (Phi) is 3.74. The molecule has 1 N–H and O–H groups in total. The minimum atomic E-state index is -0.217. The van der Waals surface area contributed by atoms with Crippen molar-refractivity contribution in [1.82, 2.24) is 14.4 Å². The molecule has 3 aromatic heterocycles. The van der Waals surface area contributed by atoms with Crippen LogP contribution < -0.4 is 10.1 Å². The minimum absolute atomic E-state index is 0.217. The van der Waals surface area contributed by atoms with E-state index in [2.05, 4.69) is 15.3 Å². The molecule has 0 saturated heterocycles. The highest BCUT2D eigenvalue weighted by Crippen LogP contribution is 2.23. The highest BCUT2D eigenvalue weighted by atomic mass is 16.5. The van der Waals surface area contributed by atoms with E-state index >= 15 is 0 Å². The van der Waals surface area contributed by atoms with Gasteiger partial charge in [0, 0.05) is 12.4 Å². The van der Waals surface area contributed by atoms with E-state index in [4.69, 9.17) is 4.74 Å². The molecular weight excluding hydrogens is 280 g/mol. The molecule has 0 fully saturated rings. The van der Waals surface area contributed by atoms with Crippen LogP contribution in [-0.2, 0) is 6.42 Å². The lowest BCUT2D eigenvalue weighted by molar-refractivity contribution is 0.102. The Balaban J connectivity index is 2.07. The maximum atomic E-state index is 12.6. The molecule has 0 spiro atoms. The predicted octanol–water partition coefficient (Wildman–Crippen LogP) is 2.55. The molecule has 0 unspecified atom stereocenters. The Labute approximate surface area is 127 Å². The zero-order valence-electron chi connectivity index (χ0n) is 12.4. The van der Waals surface area contributed by atoms with Gasteiger partial charge in [0.2, 0.25) is 0 Å². The van der Waals surface area contributed by atoms with E-state index in [9.17, 15) is 4.79 Å². The van der Waals surface area contributed by atoms with E-state index in [1.807, 2.05) is 25.3 Å². The first-order valence-electron chi connectivity index (χ1n) is 7.00. The van der Waals surface area contributed by atoms with Gasteiger partial charge in [-0.1, -0.05) is 6.92 Å². The number of ether oxygens (including phenoxy) is 1. The van der Waals surface area contributed by atoms with Gasteiger partial charge < -0.3 is 10.1 Å². The summed E-state index contributed by atoms with van der Waals surface area (Å²) in [7, 11) is 1.59. The number of carbonyl (C=O) groups is 1. The van der Waals surface area contributed by atoms with Crippen LogP contribution in [0.5, 0.6) is 5.75 Å². The van der Waals surface area contributed by atoms with Gasteiger partial charge in [-0.3, -0.25) is 14.2 Å². The van der Waals surface area contributed by atoms with Crippen LogP contribution in [0, 0.1) is 0 Å². The fourth-order valence-corrected chi connectivity index (χ4v) is 2.36. The molecular formula is C16H16N4O2. The van der Waals surface area contributed by atoms with Gasteiger partial charge in [0.05, 0.1) is 24.7 Å². The smallest absolute Gasteiger partial charge is 0.274 e. The van der Waals surface area contributed by atoms with Gasteiger partial charge in [-0.2, -0.15) is 0 Å². The number of nitrogens with one attached hydrogen (secondary N) is 1. The van der Waals surface area contributed by atoms with Gasteiger partial charge in [0.15, 0.2) is 11.4 Å². The second-order valence-electron chi connectivity index (χ2n) is 4.73. The quantitative estimate of drug-likeness (QED) is 0.803. The Morgan fingerprint density at radius 2 is 2.23 bits per heavy atom. The summed E-state index contributed by atoms with van der Waals surface area (Å²) in [5.41, 5.74) is 2.52. The van der Waals surface area contributed by atoms with Crippen molar-refractivity contribution in [2.24, 2.45) is 0 Å². The van der Waals surface area contributed by atoms with Crippen molar-refractivity contribution in [3.05, 3.63) is 54.2 Å². The Hall–Kier alpha value is -2.89. The number of amides is 1. The molecule has 0 aliphatic rings. The minimum Gasteiger partial charge on any atom is -0.493 e. The molecule has 3 heterocycles. The van der Waals surface area contributed by atoms with Gasteiger partial charge in [-0.05, 0) is 30.7 Å². The molecule has 0 saturated carbocycles. The van der Waals surface area contributed by atoms with E-state index in [1.54, 1.807) is 36.0 Å². The lowest BCUT2D eigenvalue weighted by Crippen LogP contribution is -2.16. The van der Waals surface area contributed by atoms with Crippen LogP contribution in [-0.4, -0.2) is 27.4 Å². The highest BCUT2D eigenvalue weighted by Gasteiger charge is 2.20. The molecule has 1 amide bonds. The number of carbonyl (C=O) groups excluding carboxylic acids is 1. The largest absolute Gasteiger partial charge is 0.493 e. The van der Waals surface area contributed by atoms with Crippen molar-refractivity contribution in [2.75, 3.05) is 12.4 Å². The molecule has 0 bridgehead atoms. The average Bonchev–Trinajstić information content (AvgIpc) is 2.94. The summed E-state index contributed by atoms with van der Waals surface area (Å²) in [4.78, 5) is 21.1. The number of nitrogens with zero attached hydrogens (tertiary/aromatic N) is 3. The number of aryl methyl sites for hydroxylation is 1. The van der Waals surface area contributed by atoms with E-state index in [0.717, 1.165) is 5.69 Å². The third kappa shape index (κ3) is 2.39. The van der Waals surface area contributed by atoms with Crippen molar-refractivity contribution < 1.29 is 9.53 Å². The summed E-state index contributed by atoms with van der Waals surface area (Å²) in [6.45, 7) is 1.97. The number of rotatable bonds is 4. The fraction of sp³-hybridized carbons (Fsp3) is 0.188. The van der Waals surface area contributed by atoms with Gasteiger partial charge in [-0.15, -0.1) is 0 Å². The first-order chi connectivity index (χ1) is 10.7. The Bertz CT molecular complexity index is 812. The van der Waals surface area contributed by atoms with Crippen molar-refractivity contribution in [1.29, 1.82) is 0 Å². The van der Waals surface area contributed by atoms with Crippen molar-refractivity contribution >= 4 is 17.2 Å². The summed E-state index contributed by atoms with van der Waals surface area (Å²) >= 11 is 0. The Morgan fingerprint density at radius 1 is 1.36 bits per heavy atom. The average molecular weight is 296 g/mol. The molecule has 6 heteroatoms. The highest BCUT2D eigenvalue weighted by molar-refractivity contribution is 6.04. The van der Waals surface area contributed by atoms with Gasteiger partial charge in [0.25, 0.3) is 5.91 Å². The van der Waals surface area contributed by atoms with Crippen molar-refractivity contribution in [3.63, 3.8) is 0 Å². The van der Waals surface area contributed by atoms with E-state index in [0.29, 0.717) is 29.2 Å². The second-order valence-corrected chi connectivity index (χ2v) is 4.73. The summed E-state index contributed by atoms with van der Waals surface area (Å²) in [5, 5.41) is 2.85. The second kappa shape index (κ2) is 5.85. The first-order valence-corrected chi connectivity index (χ1v) is 7.00. The van der Waals surface area contributed by atoms with Crippen LogP contribution in [0.25, 0.3) is 5.65 Å². The topological polar surface area (TPSA) is 68.5 Å². The maximum Gasteiger partial charge on any atom is 0.274 e. The summed E-state index contributed by atoms with van der Waals surface area (Å²) in [6, 6.07) is 7.21. The monoisotopic (exact) mass is 296 g/mol. The van der Waals surface area contributed by atoms with Crippen LogP contribution in [0.4, 0.5) is 5.69 Å². The molecule has 0 radical (unpaired) electrons. The number of hydrogen-bond donors (Lipinski definition) is 1. The number of methoxy groups -OCH3 is 1. The van der Waals surface area contributed by atoms with E-state index in [1.165, 1.54) is 0 Å². The molecule has 0 aliphatic carbocycles. The van der Waals surface area contributed by atoms with Gasteiger partial charge in [0.1, 0.15) is 5.69 Å². The lowest BCUT2D eigenvalue weighted by Gasteiger charge is -2.07. The molecule has 0 aliphatic heterocycles. The predicted molar refractivity (Wildman–Crippen MR) is 83.3 cm³/mol. The van der Waals surface area contributed by atoms with Crippen molar-refractivity contribution in [3.8, 4) is 5.75 Å². The molecule has 22 heavy (non-hydrogen) atoms. The number of hydrogen-bond acceptors (Lipinski definition) is 4. The number of anilines is 1. The fourth-order valence-electron chi connectivity index (χ4n) is 2.36. The van der Waals surface area contributed by atoms with Gasteiger partial charge in [-0.25, -0.2) is 4.98 Å². The SMILES string of the molecule is CCc1nc2c(OC)cccn2c1C(=O)Nc1cccnc1. The summed E-state index contributed by atoms with van der Waals surface area (Å²) in [6.07, 6.45) is 5.72. The molecule has 3 rings (SSSR count). The van der Waals surface area contributed by atoms with Crippen LogP contribution in [0.3, 0.4) is 0 Å². The normalized spacial score (nSPS) is 10.6. The third-order valence-electron chi connectivity index (χ3n) is 3.38. The van der Waals surface area contributed by atoms with Crippen LogP contribution in [0.2, 0.25) is 0 Å². The van der Waals surface area contributed by atoms with Crippen LogP contribution >= 0.6 is 0 Å². The molecule has 112 valence electrons. The number of pyridine rings is 2. The molecule has 0 aromatic carbocycles. The zero-order valence-corrected chi connectivity index (χ0v) is 12.4. The Morgan fingerprint density at radius 3 is 2.91 bits per heavy atom. The van der Waals surface area contributed by atoms with Gasteiger partial charge >= 0.3 is 0 Å². The van der Waals surface area contributed by atoms with Crippen LogP contribution in [0.15, 0.2) is 42.9 Å². The first kappa shape index (κ1) is 14.1. The zero-order chi connectivity index (χ0) is 15.5. The molecule has 6 nitrogen and oxygen atoms in total. The summed E-state index contributed by atoms with van der Waals surface area (Å²) < 4.78 is 7.07. The third-order valence-corrected chi connectivity index (χ3v) is 3.38. The van der Waals surface area contributed by atoms with Crippen LogP contribution in [0.1, 0.15) is 23.1 Å². The lowest BCUT2D eigenvalue weighted by atomic mass is 10.2. The number of aromatic nitrogens is 3. The van der Waals surface area contributed by atoms with Crippen molar-refractivity contribution in [2.45, 2.75) is 13.3 Å².